The predicted octanol–water partition coefficient (Wildman–Crippen LogP) is 9.32. The maximum Gasteiger partial charge on any atom is 0.307 e. The van der Waals surface area contributed by atoms with Gasteiger partial charge in [-0.15, -0.1) is 0 Å². The maximum absolute atomic E-state index is 12.1. The largest absolute Gasteiger partial charge is 0.481 e. The van der Waals surface area contributed by atoms with E-state index in [9.17, 15) is 9.59 Å². The van der Waals surface area contributed by atoms with Gasteiger partial charge in [0.25, 0.3) is 0 Å². The van der Waals surface area contributed by atoms with E-state index in [-0.39, 0.29) is 12.4 Å². The second-order valence-electron chi connectivity index (χ2n) is 13.0. The molecule has 2 atom stereocenters. The van der Waals surface area contributed by atoms with Gasteiger partial charge >= 0.3 is 11.9 Å². The van der Waals surface area contributed by atoms with E-state index in [1.807, 2.05) is 21.1 Å². The molecular formula is C33H66NO4+. The average Bonchev–Trinajstić information content (AvgIpc) is 2.82. The van der Waals surface area contributed by atoms with Gasteiger partial charge in [0.2, 0.25) is 0 Å². The number of carboxylic acids is 1. The zero-order chi connectivity index (χ0) is 28.5. The third-order valence-corrected chi connectivity index (χ3v) is 7.58. The summed E-state index contributed by atoms with van der Waals surface area (Å²) in [5.41, 5.74) is 0. The number of likely N-dealkylation sites (N-methyl/N-ethyl adjacent to an activating group) is 1. The van der Waals surface area contributed by atoms with Crippen LogP contribution < -0.4 is 0 Å². The van der Waals surface area contributed by atoms with E-state index in [2.05, 4.69) is 13.8 Å². The summed E-state index contributed by atoms with van der Waals surface area (Å²) in [6, 6.07) is 0. The molecule has 5 heteroatoms. The number of rotatable bonds is 28. The molecule has 0 heterocycles. The van der Waals surface area contributed by atoms with Crippen LogP contribution in [-0.4, -0.2) is 55.3 Å². The number of quaternary nitrogens is 1. The molecule has 2 unspecified atom stereocenters. The highest BCUT2D eigenvalue weighted by atomic mass is 16.5. The Bertz CT molecular complexity index is 558. The molecule has 0 spiro atoms. The van der Waals surface area contributed by atoms with Crippen LogP contribution in [0.4, 0.5) is 0 Å². The molecule has 0 saturated carbocycles. The van der Waals surface area contributed by atoms with Gasteiger partial charge in [0, 0.05) is 6.42 Å². The number of hydrogen-bond acceptors (Lipinski definition) is 3. The smallest absolute Gasteiger partial charge is 0.307 e. The van der Waals surface area contributed by atoms with Crippen molar-refractivity contribution in [2.45, 2.75) is 168 Å². The second-order valence-corrected chi connectivity index (χ2v) is 13.0. The van der Waals surface area contributed by atoms with Crippen molar-refractivity contribution in [1.82, 2.24) is 0 Å². The van der Waals surface area contributed by atoms with Crippen LogP contribution in [0.3, 0.4) is 0 Å². The van der Waals surface area contributed by atoms with Crippen molar-refractivity contribution in [3.8, 4) is 0 Å². The fourth-order valence-electron chi connectivity index (χ4n) is 5.32. The molecule has 226 valence electrons. The van der Waals surface area contributed by atoms with Crippen LogP contribution in [0.2, 0.25) is 0 Å². The number of ether oxygens (including phenoxy) is 1. The van der Waals surface area contributed by atoms with Gasteiger partial charge in [-0.1, -0.05) is 142 Å². The SMILES string of the molecule is CCCCCCCCCCCCCCC(C)CCCCCCCCCC(=O)OC(CC(=O)O)C[N+](C)(C)C. The second kappa shape index (κ2) is 24.9. The lowest BCUT2D eigenvalue weighted by Crippen LogP contribution is -2.43. The summed E-state index contributed by atoms with van der Waals surface area (Å²) in [4.78, 5) is 23.2. The molecule has 0 amide bonds. The number of aliphatic carboxylic acids is 1. The van der Waals surface area contributed by atoms with E-state index in [0.29, 0.717) is 17.4 Å². The number of unbranched alkanes of at least 4 members (excludes halogenated alkanes) is 17. The summed E-state index contributed by atoms with van der Waals surface area (Å²) >= 11 is 0. The van der Waals surface area contributed by atoms with Crippen molar-refractivity contribution < 1.29 is 23.9 Å². The number of carboxylic acid groups (broad SMARTS) is 1. The van der Waals surface area contributed by atoms with Crippen LogP contribution in [0.25, 0.3) is 0 Å². The lowest BCUT2D eigenvalue weighted by Gasteiger charge is -2.28. The van der Waals surface area contributed by atoms with Gasteiger partial charge in [-0.25, -0.2) is 0 Å². The average molecular weight is 541 g/mol. The topological polar surface area (TPSA) is 63.6 Å². The van der Waals surface area contributed by atoms with Gasteiger partial charge in [-0.2, -0.15) is 0 Å². The molecule has 38 heavy (non-hydrogen) atoms. The van der Waals surface area contributed by atoms with Crippen molar-refractivity contribution in [1.29, 1.82) is 0 Å². The normalized spacial score (nSPS) is 13.4. The number of carbonyl (C=O) groups excluding carboxylic acids is 1. The van der Waals surface area contributed by atoms with Crippen molar-refractivity contribution in [2.24, 2.45) is 5.92 Å². The molecule has 5 nitrogen and oxygen atoms in total. The van der Waals surface area contributed by atoms with E-state index >= 15 is 0 Å². The molecule has 0 aromatic rings. The quantitative estimate of drug-likeness (QED) is 0.0610. The molecule has 0 radical (unpaired) electrons. The minimum atomic E-state index is -0.921. The third kappa shape index (κ3) is 27.9. The summed E-state index contributed by atoms with van der Waals surface area (Å²) in [5, 5.41) is 9.07. The van der Waals surface area contributed by atoms with Gasteiger partial charge < -0.3 is 14.3 Å². The Morgan fingerprint density at radius 1 is 0.658 bits per heavy atom. The Morgan fingerprint density at radius 2 is 1.05 bits per heavy atom. The Labute approximate surface area is 237 Å². The zero-order valence-electron chi connectivity index (χ0n) is 26.2. The van der Waals surface area contributed by atoms with Crippen LogP contribution >= 0.6 is 0 Å². The van der Waals surface area contributed by atoms with Gasteiger partial charge in [0.1, 0.15) is 6.54 Å². The van der Waals surface area contributed by atoms with Crippen LogP contribution in [0.15, 0.2) is 0 Å². The summed E-state index contributed by atoms with van der Waals surface area (Å²) in [6.07, 6.45) is 27.9. The fourth-order valence-corrected chi connectivity index (χ4v) is 5.32. The summed E-state index contributed by atoms with van der Waals surface area (Å²) in [5.74, 6) is -0.312. The fraction of sp³-hybridized carbons (Fsp3) is 0.939. The van der Waals surface area contributed by atoms with E-state index in [1.165, 1.54) is 122 Å². The Hall–Kier alpha value is -1.10. The molecule has 0 aromatic heterocycles. The number of hydrogen-bond donors (Lipinski definition) is 1. The van der Waals surface area contributed by atoms with Crippen molar-refractivity contribution in [3.05, 3.63) is 0 Å². The molecule has 0 aromatic carbocycles. The highest BCUT2D eigenvalue weighted by molar-refractivity contribution is 5.71. The van der Waals surface area contributed by atoms with E-state index in [1.54, 1.807) is 0 Å². The molecule has 0 saturated heterocycles. The van der Waals surface area contributed by atoms with Crippen LogP contribution in [0, 0.1) is 5.92 Å². The molecule has 0 aliphatic heterocycles. The van der Waals surface area contributed by atoms with Crippen molar-refractivity contribution >= 4 is 11.9 Å². The lowest BCUT2D eigenvalue weighted by molar-refractivity contribution is -0.873. The first-order valence-electron chi connectivity index (χ1n) is 16.4. The van der Waals surface area contributed by atoms with E-state index in [4.69, 9.17) is 9.84 Å². The Balaban J connectivity index is 3.52. The lowest BCUT2D eigenvalue weighted by atomic mass is 9.95. The van der Waals surface area contributed by atoms with Crippen LogP contribution in [0.5, 0.6) is 0 Å². The zero-order valence-corrected chi connectivity index (χ0v) is 26.2. The summed E-state index contributed by atoms with van der Waals surface area (Å²) in [7, 11) is 5.93. The van der Waals surface area contributed by atoms with E-state index in [0.717, 1.165) is 18.8 Å². The Kier molecular flexibility index (Phi) is 24.2. The number of esters is 1. The molecule has 0 rings (SSSR count). The van der Waals surface area contributed by atoms with E-state index < -0.39 is 12.1 Å². The maximum atomic E-state index is 12.1. The molecule has 0 aliphatic rings. The third-order valence-electron chi connectivity index (χ3n) is 7.58. The summed E-state index contributed by atoms with van der Waals surface area (Å²) < 4.78 is 6.03. The van der Waals surface area contributed by atoms with Gasteiger partial charge in [0.15, 0.2) is 6.10 Å². The monoisotopic (exact) mass is 540 g/mol. The number of nitrogens with zero attached hydrogens (tertiary/aromatic N) is 1. The predicted molar refractivity (Wildman–Crippen MR) is 161 cm³/mol. The molecule has 0 aliphatic carbocycles. The standard InChI is InChI=1S/C33H65NO4/c1-6-7-8-9-10-11-12-13-14-16-19-22-25-30(2)26-23-20-17-15-18-21-24-27-33(37)38-31(28-32(35)36)29-34(3,4)5/h30-31H,6-29H2,1-5H3/p+1. The highest BCUT2D eigenvalue weighted by Crippen LogP contribution is 2.19. The minimum absolute atomic E-state index is 0.126. The van der Waals surface area contributed by atoms with Gasteiger partial charge in [-0.3, -0.25) is 9.59 Å². The van der Waals surface area contributed by atoms with Gasteiger partial charge in [-0.05, 0) is 12.3 Å². The van der Waals surface area contributed by atoms with Crippen LogP contribution in [0.1, 0.15) is 162 Å². The molecular weight excluding hydrogens is 474 g/mol. The highest BCUT2D eigenvalue weighted by Gasteiger charge is 2.24. The van der Waals surface area contributed by atoms with Crippen molar-refractivity contribution in [3.63, 3.8) is 0 Å². The first-order valence-corrected chi connectivity index (χ1v) is 16.4. The molecule has 0 bridgehead atoms. The first-order chi connectivity index (χ1) is 18.1. The van der Waals surface area contributed by atoms with Gasteiger partial charge in [0.05, 0.1) is 27.6 Å². The van der Waals surface area contributed by atoms with Crippen molar-refractivity contribution in [2.75, 3.05) is 27.7 Å². The minimum Gasteiger partial charge on any atom is -0.481 e. The first kappa shape index (κ1) is 36.9. The molecule has 1 N–H and O–H groups in total. The summed E-state index contributed by atoms with van der Waals surface area (Å²) in [6.45, 7) is 5.23. The molecule has 0 fully saturated rings. The van der Waals surface area contributed by atoms with Crippen LogP contribution in [-0.2, 0) is 14.3 Å². The number of carbonyl (C=O) groups is 2. The Morgan fingerprint density at radius 3 is 1.45 bits per heavy atom.